The largest absolute Gasteiger partial charge is 0.483 e. The van der Waals surface area contributed by atoms with E-state index in [0.717, 1.165) is 16.1 Å². The SMILES string of the molecule is Cn1ccnc1Sc1ccc(NC(=O)COc2ccccc2C(F)(F)F)cc1. The zero-order valence-corrected chi connectivity index (χ0v) is 15.6. The lowest BCUT2D eigenvalue weighted by Gasteiger charge is -2.13. The Morgan fingerprint density at radius 3 is 2.54 bits per heavy atom. The van der Waals surface area contributed by atoms with E-state index in [4.69, 9.17) is 4.74 Å². The minimum atomic E-state index is -4.55. The van der Waals surface area contributed by atoms with E-state index >= 15 is 0 Å². The molecule has 3 rings (SSSR count). The Morgan fingerprint density at radius 2 is 1.89 bits per heavy atom. The number of rotatable bonds is 6. The number of hydrogen-bond donors (Lipinski definition) is 1. The van der Waals surface area contributed by atoms with Gasteiger partial charge in [-0.25, -0.2) is 4.98 Å². The molecule has 0 saturated carbocycles. The number of para-hydroxylation sites is 1. The Balaban J connectivity index is 1.56. The van der Waals surface area contributed by atoms with Crippen LogP contribution in [0.15, 0.2) is 71.0 Å². The van der Waals surface area contributed by atoms with Crippen molar-refractivity contribution in [2.75, 3.05) is 11.9 Å². The van der Waals surface area contributed by atoms with Crippen LogP contribution in [0.1, 0.15) is 5.56 Å². The van der Waals surface area contributed by atoms with Crippen LogP contribution in [0.25, 0.3) is 0 Å². The van der Waals surface area contributed by atoms with Gasteiger partial charge in [0, 0.05) is 30.0 Å². The van der Waals surface area contributed by atoms with E-state index in [0.29, 0.717) is 5.69 Å². The number of aromatic nitrogens is 2. The minimum absolute atomic E-state index is 0.382. The van der Waals surface area contributed by atoms with E-state index in [1.54, 1.807) is 18.3 Å². The normalized spacial score (nSPS) is 11.3. The second kappa shape index (κ2) is 8.39. The molecule has 0 saturated heterocycles. The number of nitrogens with zero attached hydrogens (tertiary/aromatic N) is 2. The predicted octanol–water partition coefficient (Wildman–Crippen LogP) is 4.61. The lowest BCUT2D eigenvalue weighted by atomic mass is 10.2. The van der Waals surface area contributed by atoms with Crippen LogP contribution < -0.4 is 10.1 Å². The number of aryl methyl sites for hydroxylation is 1. The first-order valence-corrected chi connectivity index (χ1v) is 8.99. The molecule has 0 spiro atoms. The van der Waals surface area contributed by atoms with Crippen LogP contribution in [0.2, 0.25) is 0 Å². The van der Waals surface area contributed by atoms with E-state index in [1.807, 2.05) is 29.9 Å². The van der Waals surface area contributed by atoms with Crippen molar-refractivity contribution in [2.24, 2.45) is 7.05 Å². The molecule has 146 valence electrons. The molecule has 0 fully saturated rings. The molecule has 5 nitrogen and oxygen atoms in total. The maximum Gasteiger partial charge on any atom is 0.419 e. The fourth-order valence-electron chi connectivity index (χ4n) is 2.33. The molecular formula is C19H16F3N3O2S. The first kappa shape index (κ1) is 19.8. The van der Waals surface area contributed by atoms with Crippen molar-refractivity contribution in [3.63, 3.8) is 0 Å². The number of anilines is 1. The first-order chi connectivity index (χ1) is 13.3. The standard InChI is InChI=1S/C19H16F3N3O2S/c1-25-11-10-23-18(25)28-14-8-6-13(7-9-14)24-17(26)12-27-16-5-3-2-4-15(16)19(20,21)22/h2-11H,12H2,1H3,(H,24,26). The molecule has 1 heterocycles. The van der Waals surface area contributed by atoms with Crippen molar-refractivity contribution in [3.05, 3.63) is 66.5 Å². The summed E-state index contributed by atoms with van der Waals surface area (Å²) in [5.74, 6) is -0.937. The van der Waals surface area contributed by atoms with Gasteiger partial charge in [0.1, 0.15) is 5.75 Å². The molecule has 0 aliphatic carbocycles. The molecule has 28 heavy (non-hydrogen) atoms. The number of benzene rings is 2. The third kappa shape index (κ3) is 5.07. The van der Waals surface area contributed by atoms with Gasteiger partial charge >= 0.3 is 6.18 Å². The van der Waals surface area contributed by atoms with Gasteiger partial charge in [0.05, 0.1) is 5.56 Å². The number of imidazole rings is 1. The molecule has 9 heteroatoms. The summed E-state index contributed by atoms with van der Waals surface area (Å²) < 4.78 is 45.7. The Morgan fingerprint density at radius 1 is 1.18 bits per heavy atom. The molecule has 1 amide bonds. The summed E-state index contributed by atoms with van der Waals surface area (Å²) >= 11 is 1.47. The summed E-state index contributed by atoms with van der Waals surface area (Å²) in [6, 6.07) is 11.8. The highest BCUT2D eigenvalue weighted by molar-refractivity contribution is 7.99. The summed E-state index contributed by atoms with van der Waals surface area (Å²) in [5.41, 5.74) is -0.402. The molecule has 0 atom stereocenters. The van der Waals surface area contributed by atoms with Crippen molar-refractivity contribution in [3.8, 4) is 5.75 Å². The highest BCUT2D eigenvalue weighted by Crippen LogP contribution is 2.35. The number of nitrogens with one attached hydrogen (secondary N) is 1. The third-order valence-electron chi connectivity index (χ3n) is 3.68. The zero-order valence-electron chi connectivity index (χ0n) is 14.7. The summed E-state index contributed by atoms with van der Waals surface area (Å²) in [5, 5.41) is 3.42. The average Bonchev–Trinajstić information content (AvgIpc) is 3.06. The van der Waals surface area contributed by atoms with E-state index in [9.17, 15) is 18.0 Å². The van der Waals surface area contributed by atoms with Crippen LogP contribution in [-0.4, -0.2) is 22.1 Å². The van der Waals surface area contributed by atoms with E-state index < -0.39 is 24.3 Å². The van der Waals surface area contributed by atoms with Gasteiger partial charge in [-0.3, -0.25) is 4.79 Å². The van der Waals surface area contributed by atoms with Crippen molar-refractivity contribution < 1.29 is 22.7 Å². The Labute approximate surface area is 163 Å². The molecule has 0 aliphatic heterocycles. The lowest BCUT2D eigenvalue weighted by Crippen LogP contribution is -2.21. The molecule has 3 aromatic rings. The topological polar surface area (TPSA) is 56.2 Å². The molecule has 0 bridgehead atoms. The molecule has 0 aliphatic rings. The minimum Gasteiger partial charge on any atom is -0.483 e. The molecule has 0 unspecified atom stereocenters. The van der Waals surface area contributed by atoms with Gasteiger partial charge in [-0.15, -0.1) is 0 Å². The van der Waals surface area contributed by atoms with Gasteiger partial charge in [0.15, 0.2) is 11.8 Å². The van der Waals surface area contributed by atoms with Crippen molar-refractivity contribution >= 4 is 23.4 Å². The van der Waals surface area contributed by atoms with Gasteiger partial charge in [-0.2, -0.15) is 13.2 Å². The molecule has 2 aromatic carbocycles. The summed E-state index contributed by atoms with van der Waals surface area (Å²) in [6.45, 7) is -0.531. The fraction of sp³-hybridized carbons (Fsp3) is 0.158. The summed E-state index contributed by atoms with van der Waals surface area (Å²) in [6.07, 6.45) is -1.00. The monoisotopic (exact) mass is 407 g/mol. The molecule has 1 N–H and O–H groups in total. The zero-order chi connectivity index (χ0) is 20.1. The number of ether oxygens (including phenoxy) is 1. The van der Waals surface area contributed by atoms with Crippen LogP contribution in [0, 0.1) is 0 Å². The molecule has 0 radical (unpaired) electrons. The van der Waals surface area contributed by atoms with Gasteiger partial charge in [0.2, 0.25) is 0 Å². The smallest absolute Gasteiger partial charge is 0.419 e. The van der Waals surface area contributed by atoms with E-state index in [2.05, 4.69) is 10.3 Å². The number of alkyl halides is 3. The number of hydrogen-bond acceptors (Lipinski definition) is 4. The van der Waals surface area contributed by atoms with Gasteiger partial charge in [0.25, 0.3) is 5.91 Å². The maximum absolute atomic E-state index is 12.9. The summed E-state index contributed by atoms with van der Waals surface area (Å²) in [4.78, 5) is 17.1. The molecular weight excluding hydrogens is 391 g/mol. The summed E-state index contributed by atoms with van der Waals surface area (Å²) in [7, 11) is 1.89. The van der Waals surface area contributed by atoms with Crippen LogP contribution in [0.5, 0.6) is 5.75 Å². The van der Waals surface area contributed by atoms with Gasteiger partial charge in [-0.1, -0.05) is 23.9 Å². The van der Waals surface area contributed by atoms with Crippen molar-refractivity contribution in [1.82, 2.24) is 9.55 Å². The van der Waals surface area contributed by atoms with E-state index in [1.165, 1.54) is 30.0 Å². The second-order valence-electron chi connectivity index (χ2n) is 5.78. The predicted molar refractivity (Wildman–Crippen MR) is 99.3 cm³/mol. The Bertz CT molecular complexity index is 956. The van der Waals surface area contributed by atoms with Gasteiger partial charge < -0.3 is 14.6 Å². The van der Waals surface area contributed by atoms with Crippen LogP contribution in [-0.2, 0) is 18.0 Å². The van der Waals surface area contributed by atoms with E-state index in [-0.39, 0.29) is 5.75 Å². The third-order valence-corrected chi connectivity index (χ3v) is 4.76. The van der Waals surface area contributed by atoms with Crippen LogP contribution in [0.4, 0.5) is 18.9 Å². The van der Waals surface area contributed by atoms with Gasteiger partial charge in [-0.05, 0) is 36.4 Å². The number of carbonyl (C=O) groups is 1. The first-order valence-electron chi connectivity index (χ1n) is 8.17. The highest BCUT2D eigenvalue weighted by atomic mass is 32.2. The van der Waals surface area contributed by atoms with Crippen LogP contribution >= 0.6 is 11.8 Å². The number of carbonyl (C=O) groups excluding carboxylic acids is 1. The second-order valence-corrected chi connectivity index (χ2v) is 6.82. The maximum atomic E-state index is 12.9. The van der Waals surface area contributed by atoms with Crippen LogP contribution in [0.3, 0.4) is 0 Å². The molecule has 1 aromatic heterocycles. The lowest BCUT2D eigenvalue weighted by molar-refractivity contribution is -0.139. The Kier molecular flexibility index (Phi) is 5.93. The van der Waals surface area contributed by atoms with Crippen molar-refractivity contribution in [1.29, 1.82) is 0 Å². The fourth-order valence-corrected chi connectivity index (χ4v) is 3.13. The van der Waals surface area contributed by atoms with Crippen molar-refractivity contribution in [2.45, 2.75) is 16.2 Å². The Hall–Kier alpha value is -2.94. The average molecular weight is 407 g/mol. The number of amides is 1. The highest BCUT2D eigenvalue weighted by Gasteiger charge is 2.34. The quantitative estimate of drug-likeness (QED) is 0.649. The number of halogens is 3.